The van der Waals surface area contributed by atoms with Gasteiger partial charge in [0.05, 0.1) is 39.1 Å². The lowest BCUT2D eigenvalue weighted by Gasteiger charge is -2.21. The Labute approximate surface area is 611 Å². The fourth-order valence-corrected chi connectivity index (χ4v) is 12.3. The summed E-state index contributed by atoms with van der Waals surface area (Å²) in [5.74, 6) is 6.89. The third-order valence-electron chi connectivity index (χ3n) is 16.5. The van der Waals surface area contributed by atoms with Crippen LogP contribution in [0.1, 0.15) is 187 Å². The van der Waals surface area contributed by atoms with E-state index in [1.54, 1.807) is 51.1 Å². The number of aromatic nitrogens is 2. The smallest absolute Gasteiger partial charge is 0.420 e. The van der Waals surface area contributed by atoms with Crippen LogP contribution >= 0.6 is 43.5 Å². The number of nitrogen functional groups attached to an aromatic ring is 2. The van der Waals surface area contributed by atoms with E-state index in [4.69, 9.17) is 34.2 Å². The van der Waals surface area contributed by atoms with Crippen molar-refractivity contribution in [2.24, 2.45) is 0 Å². The number of terminal acetylenes is 1. The summed E-state index contributed by atoms with van der Waals surface area (Å²) in [6.45, 7) is 11.1. The Kier molecular flexibility index (Phi) is 25.1. The molecule has 0 aliphatic heterocycles. The van der Waals surface area contributed by atoms with Crippen LogP contribution in [0.4, 0.5) is 95.2 Å². The summed E-state index contributed by atoms with van der Waals surface area (Å²) in [6, 6.07) is 29.1. The van der Waals surface area contributed by atoms with Crippen LogP contribution in [-0.2, 0) is 41.8 Å². The standard InChI is InChI=1S/C22H20ClF3N2O2.C15H17F3Si.C12H9F3.C10H8BrF3.C10H10F3N.C7H5BrF3N/c1-21(2,3)30-20(29)28-17(11-14-7-9-18(23)27-19(14)28)15-10-13(12-4-5-12)6-8-16(15)22(24,25)26;1-19(2,3)9-8-13-10-12(11-4-5-11)6-7-14(13)15(16,17)18;1-2-8-7-10(9-3-4-9)5-6-11(8)12(13,14)15;11-9-5-7(6-1-2-6)3-4-8(9)10(12,13)14;11-10(12,13)8-4-3-7(5-9(8)14)6-1-2-6;8-4-1-2-5(6(12)3-4)7(9,10)11/h6-12H,4-5H2,1-3H3;6-7,10-11H,4-5H2,1-3H3;1,5-7,9H,3-4H2;3-6H,1-2H2;3-6H,1-2,14H2;1-3H,12H2. The molecule has 4 N–H and O–H groups in total. The number of halogens is 21. The largest absolute Gasteiger partial charge is 0.443 e. The molecule has 5 aliphatic rings. The SMILES string of the molecule is C#Cc1cc(C2CC2)ccc1C(F)(F)F.CC(C)(C)OC(=O)n1c(-c2cc(C3CC3)ccc2C(F)(F)F)cc2ccc(Cl)nc21.C[Si](C)(C)C#Cc1cc(C2CC2)ccc1C(F)(F)F.FC(F)(F)c1ccc(C2CC2)cc1Br.Nc1cc(Br)ccc1C(F)(F)F.Nc1cc(C2CC2)ccc1C(F)(F)F. The van der Waals surface area contributed by atoms with Gasteiger partial charge in [0.1, 0.15) is 18.8 Å². The number of carbonyl (C=O) groups excluding carboxylic acids is 1. The number of alkyl halides is 18. The fourth-order valence-electron chi connectivity index (χ4n) is 10.6. The average molecular weight is 1640 g/mol. The minimum atomic E-state index is -4.59. The quantitative estimate of drug-likeness (QED) is 0.0568. The van der Waals surface area contributed by atoms with Gasteiger partial charge in [0.2, 0.25) is 0 Å². The van der Waals surface area contributed by atoms with Gasteiger partial charge in [-0.25, -0.2) is 14.3 Å². The van der Waals surface area contributed by atoms with Crippen LogP contribution in [0.5, 0.6) is 0 Å². The van der Waals surface area contributed by atoms with Crippen LogP contribution in [-0.4, -0.2) is 29.3 Å². The van der Waals surface area contributed by atoms with Gasteiger partial charge in [0.25, 0.3) is 0 Å². The number of anilines is 2. The zero-order valence-corrected chi connectivity index (χ0v) is 61.4. The lowest BCUT2D eigenvalue weighted by Crippen LogP contribution is -2.27. The molecule has 8 aromatic rings. The number of pyridine rings is 1. The van der Waals surface area contributed by atoms with Crippen molar-refractivity contribution < 1.29 is 88.6 Å². The number of hydrogen-bond acceptors (Lipinski definition) is 5. The normalized spacial score (nSPS) is 15.5. The van der Waals surface area contributed by atoms with E-state index in [-0.39, 0.29) is 54.9 Å². The van der Waals surface area contributed by atoms with Crippen molar-refractivity contribution in [3.05, 3.63) is 214 Å². The van der Waals surface area contributed by atoms with Crippen LogP contribution in [0.3, 0.4) is 0 Å². The molecule has 2 heterocycles. The zero-order chi connectivity index (χ0) is 77.2. The average Bonchev–Trinajstić information content (AvgIpc) is 1.55. The van der Waals surface area contributed by atoms with Gasteiger partial charge in [0.15, 0.2) is 5.65 Å². The minimum absolute atomic E-state index is 0.0492. The first kappa shape index (κ1) is 82.1. The lowest BCUT2D eigenvalue weighted by molar-refractivity contribution is -0.138. The predicted molar refractivity (Wildman–Crippen MR) is 376 cm³/mol. The van der Waals surface area contributed by atoms with Gasteiger partial charge in [-0.15, -0.1) is 12.0 Å². The molecule has 0 saturated heterocycles. The van der Waals surface area contributed by atoms with Crippen molar-refractivity contribution in [2.45, 2.75) is 177 Å². The molecule has 0 atom stereocenters. The highest BCUT2D eigenvalue weighted by atomic mass is 79.9. The molecule has 13 rings (SSSR count). The second-order valence-corrected chi connectivity index (χ2v) is 34.5. The molecule has 556 valence electrons. The molecular weight excluding hydrogens is 1570 g/mol. The molecule has 0 unspecified atom stereocenters. The van der Waals surface area contributed by atoms with Gasteiger partial charge in [-0.1, -0.05) is 105 Å². The number of carbonyl (C=O) groups is 1. The monoisotopic (exact) mass is 1630 g/mol. The highest BCUT2D eigenvalue weighted by molar-refractivity contribution is 9.10. The Balaban J connectivity index is 0.000000163. The van der Waals surface area contributed by atoms with E-state index >= 15 is 0 Å². The van der Waals surface area contributed by atoms with Crippen molar-refractivity contribution in [1.82, 2.24) is 9.55 Å². The molecule has 28 heteroatoms. The van der Waals surface area contributed by atoms with E-state index in [2.05, 4.69) is 54.2 Å². The molecule has 5 fully saturated rings. The Morgan fingerprint density at radius 2 is 0.856 bits per heavy atom. The molecule has 2 aromatic heterocycles. The molecule has 6 nitrogen and oxygen atoms in total. The van der Waals surface area contributed by atoms with Crippen molar-refractivity contribution >= 4 is 80.0 Å². The second-order valence-electron chi connectivity index (χ2n) is 27.6. The highest BCUT2D eigenvalue weighted by Gasteiger charge is 2.41. The molecule has 0 spiro atoms. The van der Waals surface area contributed by atoms with Gasteiger partial charge in [-0.05, 0) is 239 Å². The minimum Gasteiger partial charge on any atom is -0.443 e. The van der Waals surface area contributed by atoms with Crippen LogP contribution in [0.15, 0.2) is 136 Å². The summed E-state index contributed by atoms with van der Waals surface area (Å²) in [4.78, 5) is 17.2. The topological polar surface area (TPSA) is 96.2 Å². The molecule has 0 radical (unpaired) electrons. The Hall–Kier alpha value is -7.59. The summed E-state index contributed by atoms with van der Waals surface area (Å²) in [5.41, 5.74) is 12.9. The molecule has 6 aromatic carbocycles. The van der Waals surface area contributed by atoms with Crippen LogP contribution in [0.2, 0.25) is 24.8 Å². The summed E-state index contributed by atoms with van der Waals surface area (Å²) < 4.78 is 235. The Bertz CT molecular complexity index is 4460. The van der Waals surface area contributed by atoms with E-state index in [1.165, 1.54) is 66.7 Å². The summed E-state index contributed by atoms with van der Waals surface area (Å²) >= 11 is 12.0. The number of nitrogens with zero attached hydrogens (tertiary/aromatic N) is 2. The first-order valence-corrected chi connectivity index (χ1v) is 38.0. The molecule has 104 heavy (non-hydrogen) atoms. The van der Waals surface area contributed by atoms with Crippen molar-refractivity contribution in [3.8, 4) is 35.1 Å². The third-order valence-corrected chi connectivity index (χ3v) is 18.7. The van der Waals surface area contributed by atoms with Crippen LogP contribution in [0, 0.1) is 23.8 Å². The molecule has 0 bridgehead atoms. The number of fused-ring (bicyclic) bond motifs is 1. The van der Waals surface area contributed by atoms with E-state index in [0.717, 1.165) is 127 Å². The summed E-state index contributed by atoms with van der Waals surface area (Å²) in [7, 11) is -1.68. The zero-order valence-electron chi connectivity index (χ0n) is 56.5. The number of ether oxygens (including phenoxy) is 1. The van der Waals surface area contributed by atoms with E-state index in [9.17, 15) is 83.8 Å². The molecule has 5 aliphatic carbocycles. The maximum absolute atomic E-state index is 13.8. The van der Waals surface area contributed by atoms with Gasteiger partial charge in [-0.2, -0.15) is 79.0 Å². The van der Waals surface area contributed by atoms with Gasteiger partial charge in [-0.3, -0.25) is 0 Å². The van der Waals surface area contributed by atoms with Crippen LogP contribution < -0.4 is 11.5 Å². The number of hydrogen-bond donors (Lipinski definition) is 2. The first-order valence-electron chi connectivity index (χ1n) is 32.5. The third kappa shape index (κ3) is 23.5. The maximum Gasteiger partial charge on any atom is 0.420 e. The number of nitrogens with two attached hydrogens (primary N) is 2. The summed E-state index contributed by atoms with van der Waals surface area (Å²) in [5, 5.41) is 0.616. The Morgan fingerprint density at radius 1 is 0.490 bits per heavy atom. The van der Waals surface area contributed by atoms with Crippen LogP contribution in [0.25, 0.3) is 22.3 Å². The lowest BCUT2D eigenvalue weighted by atomic mass is 9.98. The molecular formula is C76H69Br2ClF18N4O2Si. The summed E-state index contributed by atoms with van der Waals surface area (Å²) in [6.07, 6.45) is -11.5. The fraction of sp³-hybridized carbons (Fsp3) is 0.368. The van der Waals surface area contributed by atoms with Crippen molar-refractivity contribution in [1.29, 1.82) is 0 Å². The van der Waals surface area contributed by atoms with E-state index in [1.807, 2.05) is 19.6 Å². The van der Waals surface area contributed by atoms with Crippen molar-refractivity contribution in [3.63, 3.8) is 0 Å². The van der Waals surface area contributed by atoms with Crippen molar-refractivity contribution in [2.75, 3.05) is 11.5 Å². The first-order chi connectivity index (χ1) is 48.0. The molecule has 5 saturated carbocycles. The maximum atomic E-state index is 13.8. The van der Waals surface area contributed by atoms with Gasteiger partial charge < -0.3 is 16.2 Å². The molecule has 0 amide bonds. The number of rotatable bonds is 6. The Morgan fingerprint density at radius 3 is 1.24 bits per heavy atom. The predicted octanol–water partition coefficient (Wildman–Crippen LogP) is 26.0. The number of benzene rings is 6. The highest BCUT2D eigenvalue weighted by Crippen LogP contribution is 2.49. The van der Waals surface area contributed by atoms with Gasteiger partial charge >= 0.3 is 43.2 Å². The van der Waals surface area contributed by atoms with E-state index in [0.29, 0.717) is 33.5 Å². The van der Waals surface area contributed by atoms with Gasteiger partial charge in [0, 0.05) is 42.4 Å². The second kappa shape index (κ2) is 31.8. The van der Waals surface area contributed by atoms with E-state index < -0.39 is 90.2 Å².